The second-order valence-electron chi connectivity index (χ2n) is 12.8. The Morgan fingerprint density at radius 1 is 1.11 bits per heavy atom. The number of ether oxygens (including phenoxy) is 2. The number of methoxy groups -OCH3 is 1. The predicted molar refractivity (Wildman–Crippen MR) is 172 cm³/mol. The highest BCUT2D eigenvalue weighted by molar-refractivity contribution is 6.00. The van der Waals surface area contributed by atoms with Crippen molar-refractivity contribution in [1.29, 1.82) is 0 Å². The minimum Gasteiger partial charge on any atom is -0.494 e. The van der Waals surface area contributed by atoms with Crippen molar-refractivity contribution in [2.24, 2.45) is 12.8 Å². The molecule has 0 saturated carbocycles. The van der Waals surface area contributed by atoms with Crippen LogP contribution in [-0.2, 0) is 23.1 Å². The van der Waals surface area contributed by atoms with E-state index in [0.29, 0.717) is 36.5 Å². The molecule has 234 valence electrons. The number of nitrogens with zero attached hydrogens (tertiary/aromatic N) is 4. The van der Waals surface area contributed by atoms with Crippen molar-refractivity contribution in [3.05, 3.63) is 47.5 Å². The van der Waals surface area contributed by atoms with E-state index in [1.165, 1.54) is 0 Å². The maximum absolute atomic E-state index is 13.5. The minimum atomic E-state index is -0.887. The number of amides is 2. The number of aromatic nitrogens is 3. The number of fused-ring (bicyclic) bond motifs is 2. The van der Waals surface area contributed by atoms with Crippen LogP contribution in [-0.4, -0.2) is 69.3 Å². The highest BCUT2D eigenvalue weighted by Crippen LogP contribution is 2.36. The first-order chi connectivity index (χ1) is 21.1. The molecule has 2 aliphatic heterocycles. The lowest BCUT2D eigenvalue weighted by Crippen LogP contribution is -2.45. The maximum atomic E-state index is 13.5. The second-order valence-corrected chi connectivity index (χ2v) is 12.8. The fraction of sp³-hybridized carbons (Fsp3) is 0.500. The van der Waals surface area contributed by atoms with Gasteiger partial charge >= 0.3 is 0 Å². The quantitative estimate of drug-likeness (QED) is 0.345. The molecule has 0 aliphatic carbocycles. The molecule has 0 unspecified atom stereocenters. The lowest BCUT2D eigenvalue weighted by Gasteiger charge is -2.30. The number of hydrogen-bond donors (Lipinski definition) is 2. The summed E-state index contributed by atoms with van der Waals surface area (Å²) < 4.78 is 16.2. The topological polar surface area (TPSA) is 117 Å². The highest BCUT2D eigenvalue weighted by atomic mass is 16.5. The first kappa shape index (κ1) is 30.1. The molecule has 0 spiro atoms. The molecule has 1 fully saturated rings. The van der Waals surface area contributed by atoms with E-state index in [-0.39, 0.29) is 23.9 Å². The molecule has 2 aromatic heterocycles. The van der Waals surface area contributed by atoms with E-state index in [0.717, 1.165) is 72.2 Å². The SMILES string of the molecule is COc1cc(C(=O)N2CCC[C@@H](N)C2)cc2nc(-c3cc4ccc5cc4n3CCCCCOC(C)(C)C(=O)N[C@@H]5C)n(C)c12. The molecule has 2 bridgehead atoms. The van der Waals surface area contributed by atoms with Gasteiger partial charge in [-0.05, 0) is 82.7 Å². The largest absolute Gasteiger partial charge is 0.494 e. The fourth-order valence-corrected chi connectivity index (χ4v) is 6.56. The number of likely N-dealkylation sites (tertiary alicyclic amines) is 1. The van der Waals surface area contributed by atoms with Crippen LogP contribution in [0.5, 0.6) is 5.75 Å². The van der Waals surface area contributed by atoms with Gasteiger partial charge in [-0.2, -0.15) is 0 Å². The third kappa shape index (κ3) is 5.57. The van der Waals surface area contributed by atoms with Gasteiger partial charge < -0.3 is 34.6 Å². The Labute approximate surface area is 258 Å². The number of imidazole rings is 1. The summed E-state index contributed by atoms with van der Waals surface area (Å²) in [4.78, 5) is 33.5. The van der Waals surface area contributed by atoms with Gasteiger partial charge in [0.25, 0.3) is 11.8 Å². The molecule has 1 saturated heterocycles. The van der Waals surface area contributed by atoms with Crippen molar-refractivity contribution in [2.45, 2.75) is 77.1 Å². The van der Waals surface area contributed by atoms with Crippen LogP contribution < -0.4 is 15.8 Å². The van der Waals surface area contributed by atoms with E-state index in [1.807, 2.05) is 44.9 Å². The van der Waals surface area contributed by atoms with Crippen molar-refractivity contribution < 1.29 is 19.1 Å². The molecule has 2 aliphatic rings. The zero-order valence-corrected chi connectivity index (χ0v) is 26.5. The summed E-state index contributed by atoms with van der Waals surface area (Å²) in [5.74, 6) is 1.25. The molecule has 2 aromatic carbocycles. The molecule has 4 aromatic rings. The molecule has 10 heteroatoms. The Morgan fingerprint density at radius 2 is 1.93 bits per heavy atom. The summed E-state index contributed by atoms with van der Waals surface area (Å²) in [5, 5.41) is 4.25. The lowest BCUT2D eigenvalue weighted by molar-refractivity contribution is -0.143. The molecular formula is C34H44N6O4. The summed E-state index contributed by atoms with van der Waals surface area (Å²) in [5.41, 5.74) is 10.5. The van der Waals surface area contributed by atoms with Crippen LogP contribution in [0.1, 0.15) is 74.8 Å². The number of nitrogens with two attached hydrogens (primary N) is 1. The average Bonchev–Trinajstić information content (AvgIpc) is 3.53. The molecule has 0 radical (unpaired) electrons. The first-order valence-corrected chi connectivity index (χ1v) is 15.7. The Kier molecular flexibility index (Phi) is 8.15. The monoisotopic (exact) mass is 600 g/mol. The van der Waals surface area contributed by atoms with Gasteiger partial charge in [-0.15, -0.1) is 0 Å². The number of carbonyl (C=O) groups excluding carboxylic acids is 2. The predicted octanol–water partition coefficient (Wildman–Crippen LogP) is 4.92. The summed E-state index contributed by atoms with van der Waals surface area (Å²) >= 11 is 0. The zero-order chi connectivity index (χ0) is 31.2. The Balaban J connectivity index is 1.43. The van der Waals surface area contributed by atoms with Gasteiger partial charge in [-0.3, -0.25) is 9.59 Å². The van der Waals surface area contributed by atoms with E-state index in [9.17, 15) is 9.59 Å². The number of rotatable bonds is 3. The molecule has 2 amide bonds. The normalized spacial score (nSPS) is 21.4. The number of carbonyl (C=O) groups is 2. The highest BCUT2D eigenvalue weighted by Gasteiger charge is 2.30. The summed E-state index contributed by atoms with van der Waals surface area (Å²) in [6.07, 6.45) is 4.63. The van der Waals surface area contributed by atoms with Crippen molar-refractivity contribution in [3.63, 3.8) is 0 Å². The van der Waals surface area contributed by atoms with E-state index in [2.05, 4.69) is 38.7 Å². The molecular weight excluding hydrogens is 556 g/mol. The summed E-state index contributed by atoms with van der Waals surface area (Å²) in [6.45, 7) is 8.26. The number of hydrogen-bond acceptors (Lipinski definition) is 6. The molecule has 3 N–H and O–H groups in total. The van der Waals surface area contributed by atoms with E-state index < -0.39 is 5.60 Å². The van der Waals surface area contributed by atoms with Crippen molar-refractivity contribution in [3.8, 4) is 17.3 Å². The summed E-state index contributed by atoms with van der Waals surface area (Å²) in [6, 6.07) is 12.1. The second kappa shape index (κ2) is 11.9. The van der Waals surface area contributed by atoms with Gasteiger partial charge in [0, 0.05) is 55.8 Å². The minimum absolute atomic E-state index is 0.00340. The smallest absolute Gasteiger partial charge is 0.254 e. The number of aryl methyl sites for hydroxylation is 2. The Morgan fingerprint density at radius 3 is 2.70 bits per heavy atom. The van der Waals surface area contributed by atoms with Crippen LogP contribution in [0.25, 0.3) is 33.5 Å². The Hall–Kier alpha value is -3.89. The van der Waals surface area contributed by atoms with E-state index >= 15 is 0 Å². The van der Waals surface area contributed by atoms with Gasteiger partial charge in [-0.1, -0.05) is 12.1 Å². The van der Waals surface area contributed by atoms with Crippen LogP contribution in [0.4, 0.5) is 0 Å². The zero-order valence-electron chi connectivity index (χ0n) is 26.5. The number of benzene rings is 2. The van der Waals surface area contributed by atoms with Crippen molar-refractivity contribution in [2.75, 3.05) is 26.8 Å². The van der Waals surface area contributed by atoms with Crippen LogP contribution in [0, 0.1) is 0 Å². The molecule has 2 atom stereocenters. The van der Waals surface area contributed by atoms with Crippen LogP contribution in [0.15, 0.2) is 36.4 Å². The average molecular weight is 601 g/mol. The maximum Gasteiger partial charge on any atom is 0.254 e. The number of piperidine rings is 1. The molecule has 6 rings (SSSR count). The molecule has 4 heterocycles. The standard InChI is InChI=1S/C34H44N6O4/c1-21-22-11-12-23-18-28(40(27(23)17-22)14-7-6-8-15-44-34(2,3)33(42)36-21)31-37-26-16-24(19-29(43-5)30(26)38(31)4)32(41)39-13-9-10-25(35)20-39/h11-12,16-19,21,25H,6-10,13-15,20,35H2,1-5H3,(H,36,42)/t21-,25-/m1/s1. The van der Waals surface area contributed by atoms with Crippen molar-refractivity contribution >= 4 is 33.8 Å². The van der Waals surface area contributed by atoms with Crippen LogP contribution >= 0.6 is 0 Å². The van der Waals surface area contributed by atoms with E-state index in [1.54, 1.807) is 7.11 Å². The summed E-state index contributed by atoms with van der Waals surface area (Å²) in [7, 11) is 3.62. The van der Waals surface area contributed by atoms with Crippen LogP contribution in [0.3, 0.4) is 0 Å². The third-order valence-corrected chi connectivity index (χ3v) is 9.19. The van der Waals surface area contributed by atoms with E-state index in [4.69, 9.17) is 20.2 Å². The number of nitrogens with one attached hydrogen (secondary N) is 1. The van der Waals surface area contributed by atoms with Gasteiger partial charge in [0.1, 0.15) is 16.9 Å². The Bertz CT molecular complexity index is 1720. The lowest BCUT2D eigenvalue weighted by atomic mass is 10.0. The molecule has 44 heavy (non-hydrogen) atoms. The third-order valence-electron chi connectivity index (χ3n) is 9.19. The van der Waals surface area contributed by atoms with Crippen LogP contribution in [0.2, 0.25) is 0 Å². The molecule has 10 nitrogen and oxygen atoms in total. The van der Waals surface area contributed by atoms with Gasteiger partial charge in [0.05, 0.1) is 24.4 Å². The van der Waals surface area contributed by atoms with Gasteiger partial charge in [0.2, 0.25) is 0 Å². The van der Waals surface area contributed by atoms with Gasteiger partial charge in [0.15, 0.2) is 5.82 Å². The van der Waals surface area contributed by atoms with Gasteiger partial charge in [-0.25, -0.2) is 4.98 Å². The first-order valence-electron chi connectivity index (χ1n) is 15.7. The van der Waals surface area contributed by atoms with Crippen molar-refractivity contribution in [1.82, 2.24) is 24.3 Å². The fourth-order valence-electron chi connectivity index (χ4n) is 6.56.